The Morgan fingerprint density at radius 1 is 1.21 bits per heavy atom. The van der Waals surface area contributed by atoms with E-state index >= 15 is 0 Å². The molecule has 100 valence electrons. The number of nitrogens with zero attached hydrogens (tertiary/aromatic N) is 1. The second-order valence-electron chi connectivity index (χ2n) is 3.69. The van der Waals surface area contributed by atoms with Gasteiger partial charge in [0.05, 0.1) is 5.02 Å². The van der Waals surface area contributed by atoms with Crippen molar-refractivity contribution in [2.45, 2.75) is 6.92 Å². The summed E-state index contributed by atoms with van der Waals surface area (Å²) in [6.45, 7) is 2.59. The number of pyridine rings is 1. The van der Waals surface area contributed by atoms with Crippen molar-refractivity contribution in [2.24, 2.45) is 0 Å². The minimum atomic E-state index is -0.337. The van der Waals surface area contributed by atoms with Crippen molar-refractivity contribution in [3.63, 3.8) is 0 Å². The first-order chi connectivity index (χ1) is 9.10. The molecule has 2 rings (SSSR count). The molecule has 0 aliphatic carbocycles. The zero-order valence-electron chi connectivity index (χ0n) is 10.1. The number of ether oxygens (including phenoxy) is 1. The Balaban J connectivity index is 2.28. The molecule has 1 N–H and O–H groups in total. The van der Waals surface area contributed by atoms with Gasteiger partial charge in [0.25, 0.3) is 0 Å². The maximum Gasteiger partial charge on any atom is 0.240 e. The number of aromatic nitrogens is 1. The van der Waals surface area contributed by atoms with Crippen molar-refractivity contribution < 1.29 is 9.13 Å². The second kappa shape index (κ2) is 6.08. The largest absolute Gasteiger partial charge is 0.437 e. The van der Waals surface area contributed by atoms with E-state index in [1.807, 2.05) is 6.92 Å². The van der Waals surface area contributed by atoms with E-state index in [4.69, 9.17) is 27.9 Å². The van der Waals surface area contributed by atoms with Gasteiger partial charge in [0.15, 0.2) is 0 Å². The van der Waals surface area contributed by atoms with Crippen LogP contribution in [0.1, 0.15) is 6.92 Å². The Hall–Kier alpha value is -1.52. The average molecular weight is 301 g/mol. The third kappa shape index (κ3) is 3.49. The normalized spacial score (nSPS) is 10.3. The molecule has 0 saturated heterocycles. The lowest BCUT2D eigenvalue weighted by Gasteiger charge is -2.10. The molecule has 3 nitrogen and oxygen atoms in total. The highest BCUT2D eigenvalue weighted by atomic mass is 35.5. The zero-order valence-corrected chi connectivity index (χ0v) is 11.6. The Morgan fingerprint density at radius 2 is 1.89 bits per heavy atom. The van der Waals surface area contributed by atoms with Gasteiger partial charge in [0.1, 0.15) is 22.4 Å². The van der Waals surface area contributed by atoms with Crippen LogP contribution < -0.4 is 10.1 Å². The van der Waals surface area contributed by atoms with Gasteiger partial charge in [-0.3, -0.25) is 0 Å². The minimum absolute atomic E-state index is 0.216. The quantitative estimate of drug-likeness (QED) is 0.884. The lowest BCUT2D eigenvalue weighted by Crippen LogP contribution is -2.01. The average Bonchev–Trinajstić information content (AvgIpc) is 2.38. The minimum Gasteiger partial charge on any atom is -0.437 e. The summed E-state index contributed by atoms with van der Waals surface area (Å²) in [7, 11) is 0. The van der Waals surface area contributed by atoms with Crippen LogP contribution in [0.2, 0.25) is 10.0 Å². The molecular weight excluding hydrogens is 290 g/mol. The number of hydrogen-bond acceptors (Lipinski definition) is 3. The summed E-state index contributed by atoms with van der Waals surface area (Å²) < 4.78 is 18.3. The van der Waals surface area contributed by atoms with Crippen LogP contribution in [-0.4, -0.2) is 11.5 Å². The van der Waals surface area contributed by atoms with Gasteiger partial charge in [-0.05, 0) is 37.3 Å². The first-order valence-electron chi connectivity index (χ1n) is 5.63. The molecule has 6 heteroatoms. The fourth-order valence-corrected chi connectivity index (χ4v) is 1.89. The SMILES string of the molecule is CCNc1nc(Oc2ccc(F)cc2)c(Cl)cc1Cl. The summed E-state index contributed by atoms with van der Waals surface area (Å²) in [4.78, 5) is 4.19. The Bertz CT molecular complexity index is 576. The molecule has 0 atom stereocenters. The zero-order chi connectivity index (χ0) is 13.8. The highest BCUT2D eigenvalue weighted by Gasteiger charge is 2.11. The van der Waals surface area contributed by atoms with Crippen molar-refractivity contribution >= 4 is 29.0 Å². The van der Waals surface area contributed by atoms with E-state index in [9.17, 15) is 4.39 Å². The third-order valence-electron chi connectivity index (χ3n) is 2.27. The number of anilines is 1. The number of hydrogen-bond donors (Lipinski definition) is 1. The van der Waals surface area contributed by atoms with E-state index < -0.39 is 0 Å². The molecule has 0 fully saturated rings. The first kappa shape index (κ1) is 13.9. The van der Waals surface area contributed by atoms with Crippen LogP contribution in [0.3, 0.4) is 0 Å². The van der Waals surface area contributed by atoms with Gasteiger partial charge in [0, 0.05) is 6.54 Å². The molecule has 1 heterocycles. The Labute approximate surface area is 120 Å². The molecule has 0 amide bonds. The summed E-state index contributed by atoms with van der Waals surface area (Å²) in [5.41, 5.74) is 0. The van der Waals surface area contributed by atoms with Gasteiger partial charge in [-0.25, -0.2) is 4.39 Å². The van der Waals surface area contributed by atoms with Crippen molar-refractivity contribution in [1.82, 2.24) is 4.98 Å². The van der Waals surface area contributed by atoms with E-state index in [-0.39, 0.29) is 16.7 Å². The smallest absolute Gasteiger partial charge is 0.240 e. The van der Waals surface area contributed by atoms with Crippen molar-refractivity contribution in [2.75, 3.05) is 11.9 Å². The standard InChI is InChI=1S/C13H11Cl2FN2O/c1-2-17-12-10(14)7-11(15)13(18-12)19-9-5-3-8(16)4-6-9/h3-7H,2H2,1H3,(H,17,18). The fourth-order valence-electron chi connectivity index (χ4n) is 1.43. The van der Waals surface area contributed by atoms with E-state index in [0.717, 1.165) is 0 Å². The van der Waals surface area contributed by atoms with E-state index in [0.29, 0.717) is 23.1 Å². The van der Waals surface area contributed by atoms with Gasteiger partial charge in [0.2, 0.25) is 5.88 Å². The monoisotopic (exact) mass is 300 g/mol. The first-order valence-corrected chi connectivity index (χ1v) is 6.39. The Morgan fingerprint density at radius 3 is 2.53 bits per heavy atom. The molecule has 0 spiro atoms. The molecule has 0 aliphatic rings. The van der Waals surface area contributed by atoms with Crippen molar-refractivity contribution in [3.8, 4) is 11.6 Å². The van der Waals surface area contributed by atoms with Crippen LogP contribution in [0.4, 0.5) is 10.2 Å². The number of rotatable bonds is 4. The molecule has 1 aromatic heterocycles. The van der Waals surface area contributed by atoms with Gasteiger partial charge >= 0.3 is 0 Å². The summed E-state index contributed by atoms with van der Waals surface area (Å²) >= 11 is 12.0. The summed E-state index contributed by atoms with van der Waals surface area (Å²) in [6, 6.07) is 7.13. The fraction of sp³-hybridized carbons (Fsp3) is 0.154. The molecule has 2 aromatic rings. The summed E-state index contributed by atoms with van der Waals surface area (Å²) in [5, 5.41) is 3.70. The van der Waals surface area contributed by atoms with Crippen LogP contribution in [0.5, 0.6) is 11.6 Å². The molecule has 19 heavy (non-hydrogen) atoms. The maximum absolute atomic E-state index is 12.8. The third-order valence-corrected chi connectivity index (χ3v) is 2.83. The van der Waals surface area contributed by atoms with Crippen LogP contribution in [0, 0.1) is 5.82 Å². The second-order valence-corrected chi connectivity index (χ2v) is 4.51. The van der Waals surface area contributed by atoms with Gasteiger partial charge in [-0.2, -0.15) is 4.98 Å². The van der Waals surface area contributed by atoms with Gasteiger partial charge < -0.3 is 10.1 Å². The van der Waals surface area contributed by atoms with Crippen LogP contribution in [-0.2, 0) is 0 Å². The maximum atomic E-state index is 12.8. The molecule has 0 saturated carbocycles. The van der Waals surface area contributed by atoms with E-state index in [1.165, 1.54) is 24.3 Å². The highest BCUT2D eigenvalue weighted by molar-refractivity contribution is 6.36. The lowest BCUT2D eigenvalue weighted by atomic mass is 10.3. The molecule has 1 aromatic carbocycles. The van der Waals surface area contributed by atoms with Crippen molar-refractivity contribution in [3.05, 3.63) is 46.2 Å². The summed E-state index contributed by atoms with van der Waals surface area (Å²) in [5.74, 6) is 0.815. The van der Waals surface area contributed by atoms with E-state index in [1.54, 1.807) is 6.07 Å². The van der Waals surface area contributed by atoms with Crippen LogP contribution in [0.25, 0.3) is 0 Å². The molecule has 0 aliphatic heterocycles. The lowest BCUT2D eigenvalue weighted by molar-refractivity contribution is 0.462. The van der Waals surface area contributed by atoms with Crippen molar-refractivity contribution in [1.29, 1.82) is 0 Å². The topological polar surface area (TPSA) is 34.2 Å². The van der Waals surface area contributed by atoms with Gasteiger partial charge in [-0.15, -0.1) is 0 Å². The predicted molar refractivity (Wildman–Crippen MR) is 74.9 cm³/mol. The Kier molecular flexibility index (Phi) is 4.45. The van der Waals surface area contributed by atoms with Crippen LogP contribution >= 0.6 is 23.2 Å². The molecular formula is C13H11Cl2FN2O. The number of benzene rings is 1. The predicted octanol–water partition coefficient (Wildman–Crippen LogP) is 4.75. The summed E-state index contributed by atoms with van der Waals surface area (Å²) in [6.07, 6.45) is 0. The number of halogens is 3. The molecule has 0 unspecified atom stereocenters. The van der Waals surface area contributed by atoms with Gasteiger partial charge in [-0.1, -0.05) is 23.2 Å². The van der Waals surface area contributed by atoms with Crippen LogP contribution in [0.15, 0.2) is 30.3 Å². The number of nitrogens with one attached hydrogen (secondary N) is 1. The molecule has 0 radical (unpaired) electrons. The highest BCUT2D eigenvalue weighted by Crippen LogP contribution is 2.33. The van der Waals surface area contributed by atoms with E-state index in [2.05, 4.69) is 10.3 Å². The molecule has 0 bridgehead atoms.